The third kappa shape index (κ3) is 5.33. The molecule has 4 aliphatic carbocycles. The Morgan fingerprint density at radius 1 is 1.05 bits per heavy atom. The molecule has 1 aliphatic heterocycles. The highest BCUT2D eigenvalue weighted by molar-refractivity contribution is 7.88. The largest absolute Gasteiger partial charge is 0.469 e. The predicted octanol–water partition coefficient (Wildman–Crippen LogP) is 3.03. The standard InChI is InChI=1S/C22H30F5NO8S/c1-18(34-4-3-5-35-18)11-15(21(23,24)25)36-37(31,32)22(26,27)16(29)28-20-9-13-6-14(10-20)8-19(7-13,12-20)17(30)33-2/h13-15H,3-12H2,1-2H3,(H,28,29). The van der Waals surface area contributed by atoms with E-state index in [0.717, 1.165) is 13.3 Å². The van der Waals surface area contributed by atoms with Gasteiger partial charge in [-0.3, -0.25) is 13.8 Å². The minimum atomic E-state index is -6.41. The van der Waals surface area contributed by atoms with E-state index in [9.17, 15) is 40.0 Å². The van der Waals surface area contributed by atoms with Gasteiger partial charge in [-0.2, -0.15) is 30.4 Å². The summed E-state index contributed by atoms with van der Waals surface area (Å²) in [7, 11) is -5.21. The number of amides is 1. The molecule has 5 aliphatic rings. The molecular weight excluding hydrogens is 533 g/mol. The second-order valence-corrected chi connectivity index (χ2v) is 12.6. The number of alkyl halides is 5. The van der Waals surface area contributed by atoms with Crippen molar-refractivity contribution in [3.8, 4) is 0 Å². The number of carbonyl (C=O) groups excluding carboxylic acids is 2. The fraction of sp³-hybridized carbons (Fsp3) is 0.909. The van der Waals surface area contributed by atoms with Gasteiger partial charge in [0.15, 0.2) is 11.9 Å². The number of hydrogen-bond acceptors (Lipinski definition) is 8. The van der Waals surface area contributed by atoms with Crippen LogP contribution < -0.4 is 5.32 Å². The number of carbonyl (C=O) groups is 2. The Morgan fingerprint density at radius 3 is 2.14 bits per heavy atom. The normalized spacial score (nSPS) is 34.1. The van der Waals surface area contributed by atoms with Crippen molar-refractivity contribution in [2.24, 2.45) is 17.3 Å². The highest BCUT2D eigenvalue weighted by atomic mass is 32.2. The molecule has 1 N–H and O–H groups in total. The highest BCUT2D eigenvalue weighted by Crippen LogP contribution is 2.62. The van der Waals surface area contributed by atoms with Crippen LogP contribution in [0.3, 0.4) is 0 Å². The minimum absolute atomic E-state index is 0.0174. The molecule has 1 heterocycles. The molecule has 9 nitrogen and oxygen atoms in total. The summed E-state index contributed by atoms with van der Waals surface area (Å²) in [5.74, 6) is -4.91. The van der Waals surface area contributed by atoms with Crippen molar-refractivity contribution >= 4 is 22.0 Å². The molecule has 4 bridgehead atoms. The minimum Gasteiger partial charge on any atom is -0.469 e. The predicted molar refractivity (Wildman–Crippen MR) is 114 cm³/mol. The average Bonchev–Trinajstić information content (AvgIpc) is 2.76. The van der Waals surface area contributed by atoms with Crippen molar-refractivity contribution in [1.29, 1.82) is 0 Å². The van der Waals surface area contributed by atoms with E-state index in [1.165, 1.54) is 7.11 Å². The van der Waals surface area contributed by atoms with Crippen LogP contribution in [0.4, 0.5) is 22.0 Å². The van der Waals surface area contributed by atoms with Crippen LogP contribution in [0.15, 0.2) is 0 Å². The number of halogens is 5. The second-order valence-electron chi connectivity index (χ2n) is 11.0. The number of rotatable bonds is 8. The topological polar surface area (TPSA) is 117 Å². The van der Waals surface area contributed by atoms with Crippen molar-refractivity contribution in [3.05, 3.63) is 0 Å². The smallest absolute Gasteiger partial charge is 0.446 e. The van der Waals surface area contributed by atoms with Crippen LogP contribution in [-0.2, 0) is 38.1 Å². The Kier molecular flexibility index (Phi) is 7.12. The van der Waals surface area contributed by atoms with Crippen LogP contribution in [-0.4, -0.2) is 69.5 Å². The quantitative estimate of drug-likeness (QED) is 0.272. The Morgan fingerprint density at radius 2 is 1.62 bits per heavy atom. The first-order valence-electron chi connectivity index (χ1n) is 12.0. The summed E-state index contributed by atoms with van der Waals surface area (Å²) in [5, 5.41) is -3.25. The lowest BCUT2D eigenvalue weighted by molar-refractivity contribution is -0.288. The van der Waals surface area contributed by atoms with E-state index in [1.807, 2.05) is 0 Å². The van der Waals surface area contributed by atoms with Crippen LogP contribution in [0.5, 0.6) is 0 Å². The molecule has 1 amide bonds. The molecule has 212 valence electrons. The summed E-state index contributed by atoms with van der Waals surface area (Å²) in [6.45, 7) is 1.14. The molecule has 0 aromatic rings. The van der Waals surface area contributed by atoms with E-state index in [0.29, 0.717) is 19.3 Å². The van der Waals surface area contributed by atoms with Gasteiger partial charge in [0.1, 0.15) is 0 Å². The summed E-state index contributed by atoms with van der Waals surface area (Å²) < 4.78 is 115. The van der Waals surface area contributed by atoms with Crippen LogP contribution in [0.1, 0.15) is 58.3 Å². The van der Waals surface area contributed by atoms with Crippen molar-refractivity contribution in [3.63, 3.8) is 0 Å². The summed E-state index contributed by atoms with van der Waals surface area (Å²) >= 11 is 0. The van der Waals surface area contributed by atoms with Crippen LogP contribution >= 0.6 is 0 Å². The van der Waals surface area contributed by atoms with Gasteiger partial charge < -0.3 is 19.5 Å². The van der Waals surface area contributed by atoms with E-state index < -0.39 is 62.7 Å². The zero-order valence-electron chi connectivity index (χ0n) is 20.4. The molecule has 3 unspecified atom stereocenters. The summed E-state index contributed by atoms with van der Waals surface area (Å²) in [6, 6.07) is 0. The van der Waals surface area contributed by atoms with Crippen LogP contribution in [0, 0.1) is 17.3 Å². The Labute approximate surface area is 210 Å². The van der Waals surface area contributed by atoms with E-state index >= 15 is 0 Å². The van der Waals surface area contributed by atoms with Crippen molar-refractivity contribution in [1.82, 2.24) is 5.32 Å². The fourth-order valence-corrected chi connectivity index (χ4v) is 7.72. The van der Waals surface area contributed by atoms with Crippen LogP contribution in [0.2, 0.25) is 0 Å². The Bertz CT molecular complexity index is 1010. The van der Waals surface area contributed by atoms with Crippen LogP contribution in [0.25, 0.3) is 0 Å². The molecule has 0 aromatic heterocycles. The van der Waals surface area contributed by atoms with E-state index in [2.05, 4.69) is 9.50 Å². The molecule has 0 radical (unpaired) electrons. The molecule has 5 rings (SSSR count). The molecule has 1 saturated heterocycles. The van der Waals surface area contributed by atoms with E-state index in [1.54, 1.807) is 0 Å². The summed E-state index contributed by atoms with van der Waals surface area (Å²) in [5.41, 5.74) is -2.30. The van der Waals surface area contributed by atoms with Crippen molar-refractivity contribution < 1.29 is 58.4 Å². The summed E-state index contributed by atoms with van der Waals surface area (Å²) in [6.07, 6.45) is -7.41. The van der Waals surface area contributed by atoms with E-state index in [4.69, 9.17) is 14.2 Å². The SMILES string of the molecule is COC(=O)C12CC3CC(CC(NC(=O)C(F)(F)S(=O)(=O)OC(CC4(C)OCCCO4)C(F)(F)F)(C3)C1)C2. The van der Waals surface area contributed by atoms with Gasteiger partial charge in [0.05, 0.1) is 25.7 Å². The van der Waals surface area contributed by atoms with Gasteiger partial charge in [-0.05, 0) is 63.7 Å². The lowest BCUT2D eigenvalue weighted by atomic mass is 9.47. The average molecular weight is 564 g/mol. The maximum atomic E-state index is 15.0. The van der Waals surface area contributed by atoms with Gasteiger partial charge in [0, 0.05) is 12.0 Å². The van der Waals surface area contributed by atoms with Gasteiger partial charge >= 0.3 is 33.4 Å². The monoisotopic (exact) mass is 563 g/mol. The van der Waals surface area contributed by atoms with Gasteiger partial charge in [-0.25, -0.2) is 0 Å². The number of hydrogen-bond donors (Lipinski definition) is 1. The molecule has 0 aromatic carbocycles. The number of ether oxygens (including phenoxy) is 3. The lowest BCUT2D eigenvalue weighted by Crippen LogP contribution is -2.67. The first kappa shape index (κ1) is 28.4. The van der Waals surface area contributed by atoms with Crippen molar-refractivity contribution in [2.45, 2.75) is 87.2 Å². The Balaban J connectivity index is 1.52. The molecular formula is C22H30F5NO8S. The van der Waals surface area contributed by atoms with E-state index in [-0.39, 0.29) is 44.3 Å². The molecule has 15 heteroatoms. The lowest BCUT2D eigenvalue weighted by Gasteiger charge is -2.60. The summed E-state index contributed by atoms with van der Waals surface area (Å²) in [4.78, 5) is 25.2. The molecule has 37 heavy (non-hydrogen) atoms. The highest BCUT2D eigenvalue weighted by Gasteiger charge is 2.65. The van der Waals surface area contributed by atoms with Crippen molar-refractivity contribution in [2.75, 3.05) is 20.3 Å². The first-order valence-corrected chi connectivity index (χ1v) is 13.4. The third-order valence-electron chi connectivity index (χ3n) is 7.90. The first-order chi connectivity index (χ1) is 16.9. The Hall–Kier alpha value is -1.58. The third-order valence-corrected chi connectivity index (χ3v) is 9.20. The molecule has 5 fully saturated rings. The molecule has 4 saturated carbocycles. The van der Waals surface area contributed by atoms with Gasteiger partial charge in [0.2, 0.25) is 0 Å². The molecule has 0 spiro atoms. The second kappa shape index (κ2) is 9.26. The fourth-order valence-electron chi connectivity index (χ4n) is 6.84. The number of nitrogens with one attached hydrogen (secondary N) is 1. The zero-order chi connectivity index (χ0) is 27.5. The number of methoxy groups -OCH3 is 1. The van der Waals surface area contributed by atoms with Gasteiger partial charge in [-0.15, -0.1) is 0 Å². The van der Waals surface area contributed by atoms with Gasteiger partial charge in [-0.1, -0.05) is 0 Å². The number of esters is 1. The molecule has 3 atom stereocenters. The maximum Gasteiger partial charge on any atom is 0.446 e. The van der Waals surface area contributed by atoms with Gasteiger partial charge in [0.25, 0.3) is 0 Å². The maximum absolute atomic E-state index is 15.0. The zero-order valence-corrected chi connectivity index (χ0v) is 21.2.